The number of alkyl halides is 3. The molecule has 124 valence electrons. The number of aromatic nitrogens is 4. The number of hydrogen-bond donors (Lipinski definition) is 0. The molecule has 2 aromatic heterocycles. The summed E-state index contributed by atoms with van der Waals surface area (Å²) in [7, 11) is 0. The van der Waals surface area contributed by atoms with Crippen molar-refractivity contribution in [3.8, 4) is 11.4 Å². The minimum Gasteiger partial charge on any atom is -0.338 e. The Morgan fingerprint density at radius 2 is 1.79 bits per heavy atom. The molecule has 3 aromatic rings. The molecule has 10 heteroatoms. The van der Waals surface area contributed by atoms with Crippen molar-refractivity contribution in [1.29, 1.82) is 0 Å². The lowest BCUT2D eigenvalue weighted by Gasteiger charge is -2.05. The first-order valence-corrected chi connectivity index (χ1v) is 7.52. The quantitative estimate of drug-likeness (QED) is 0.400. The lowest BCUT2D eigenvalue weighted by molar-refractivity contribution is -0.141. The summed E-state index contributed by atoms with van der Waals surface area (Å²) < 4.78 is 55.6. The molecule has 1 aromatic carbocycles. The van der Waals surface area contributed by atoms with Gasteiger partial charge in [-0.25, -0.2) is 14.4 Å². The summed E-state index contributed by atoms with van der Waals surface area (Å²) in [5.74, 6) is 0.172. The average Bonchev–Trinajstić information content (AvgIpc) is 3.02. The minimum atomic E-state index is -4.53. The fourth-order valence-corrected chi connectivity index (χ4v) is 2.39. The minimum absolute atomic E-state index is 0.0497. The molecule has 0 fully saturated rings. The summed E-state index contributed by atoms with van der Waals surface area (Å²) in [6, 6.07) is 6.30. The molecule has 0 aliphatic heterocycles. The standard InChI is InChI=1S/C14H8F4N4OS/c15-9-3-1-8(2-4-9)12-21-11(23-22-12)7-24-13-19-6-5-10(20-13)14(16,17)18/h1-6H,7H2. The zero-order chi connectivity index (χ0) is 17.2. The van der Waals surface area contributed by atoms with Crippen LogP contribution in [0.25, 0.3) is 11.4 Å². The van der Waals surface area contributed by atoms with Gasteiger partial charge in [-0.3, -0.25) is 0 Å². The molecule has 0 saturated heterocycles. The van der Waals surface area contributed by atoms with Gasteiger partial charge in [-0.2, -0.15) is 18.2 Å². The largest absolute Gasteiger partial charge is 0.433 e. The number of benzene rings is 1. The second-order valence-corrected chi connectivity index (χ2v) is 5.47. The molecule has 0 unspecified atom stereocenters. The van der Waals surface area contributed by atoms with Crippen molar-refractivity contribution in [3.05, 3.63) is 53.9 Å². The maximum Gasteiger partial charge on any atom is 0.433 e. The summed E-state index contributed by atoms with van der Waals surface area (Å²) in [5, 5.41) is 3.69. The molecular weight excluding hydrogens is 348 g/mol. The molecule has 24 heavy (non-hydrogen) atoms. The van der Waals surface area contributed by atoms with Gasteiger partial charge in [0, 0.05) is 11.8 Å². The van der Waals surface area contributed by atoms with E-state index in [1.165, 1.54) is 24.3 Å². The lowest BCUT2D eigenvalue weighted by Crippen LogP contribution is -2.08. The van der Waals surface area contributed by atoms with Gasteiger partial charge in [-0.1, -0.05) is 16.9 Å². The van der Waals surface area contributed by atoms with E-state index in [-0.39, 0.29) is 28.4 Å². The highest BCUT2D eigenvalue weighted by molar-refractivity contribution is 7.98. The van der Waals surface area contributed by atoms with Gasteiger partial charge in [0.25, 0.3) is 0 Å². The highest BCUT2D eigenvalue weighted by Crippen LogP contribution is 2.29. The van der Waals surface area contributed by atoms with Crippen LogP contribution < -0.4 is 0 Å². The Labute approximate surface area is 137 Å². The fourth-order valence-electron chi connectivity index (χ4n) is 1.72. The van der Waals surface area contributed by atoms with Gasteiger partial charge in [-0.05, 0) is 30.3 Å². The van der Waals surface area contributed by atoms with Crippen LogP contribution in [0.1, 0.15) is 11.6 Å². The van der Waals surface area contributed by atoms with Crippen LogP contribution >= 0.6 is 11.8 Å². The van der Waals surface area contributed by atoms with Crippen molar-refractivity contribution in [1.82, 2.24) is 20.1 Å². The maximum atomic E-state index is 12.9. The first-order chi connectivity index (χ1) is 11.4. The van der Waals surface area contributed by atoms with Crippen molar-refractivity contribution in [2.75, 3.05) is 0 Å². The van der Waals surface area contributed by atoms with Crippen LogP contribution in [0.2, 0.25) is 0 Å². The number of thioether (sulfide) groups is 1. The van der Waals surface area contributed by atoms with Crippen LogP contribution in [-0.2, 0) is 11.9 Å². The second-order valence-electron chi connectivity index (χ2n) is 4.53. The van der Waals surface area contributed by atoms with Gasteiger partial charge in [0.05, 0.1) is 5.75 Å². The lowest BCUT2D eigenvalue weighted by atomic mass is 10.2. The zero-order valence-electron chi connectivity index (χ0n) is 11.8. The van der Waals surface area contributed by atoms with Crippen LogP contribution in [-0.4, -0.2) is 20.1 Å². The highest BCUT2D eigenvalue weighted by Gasteiger charge is 2.32. The first kappa shape index (κ1) is 16.4. The topological polar surface area (TPSA) is 64.7 Å². The first-order valence-electron chi connectivity index (χ1n) is 6.53. The molecular formula is C14H8F4N4OS. The average molecular weight is 356 g/mol. The predicted molar refractivity (Wildman–Crippen MR) is 76.3 cm³/mol. The fraction of sp³-hybridized carbons (Fsp3) is 0.143. The Hall–Kier alpha value is -2.49. The molecule has 0 aliphatic rings. The van der Waals surface area contributed by atoms with Crippen LogP contribution in [0, 0.1) is 5.82 Å². The summed E-state index contributed by atoms with van der Waals surface area (Å²) in [4.78, 5) is 11.3. The molecule has 0 bridgehead atoms. The van der Waals surface area contributed by atoms with Crippen molar-refractivity contribution in [3.63, 3.8) is 0 Å². The van der Waals surface area contributed by atoms with Gasteiger partial charge in [0.2, 0.25) is 11.7 Å². The molecule has 0 saturated carbocycles. The third kappa shape index (κ3) is 3.88. The van der Waals surface area contributed by atoms with E-state index < -0.39 is 11.9 Å². The van der Waals surface area contributed by atoms with Gasteiger partial charge in [-0.15, -0.1) is 0 Å². The van der Waals surface area contributed by atoms with Crippen LogP contribution in [0.5, 0.6) is 0 Å². The smallest absolute Gasteiger partial charge is 0.338 e. The third-order valence-corrected chi connectivity index (χ3v) is 3.67. The number of hydrogen-bond acceptors (Lipinski definition) is 6. The van der Waals surface area contributed by atoms with E-state index in [4.69, 9.17) is 4.52 Å². The predicted octanol–water partition coefficient (Wildman–Crippen LogP) is 3.98. The SMILES string of the molecule is Fc1ccc(-c2noc(CSc3nccc(C(F)(F)F)n3)n2)cc1. The van der Waals surface area contributed by atoms with E-state index in [1.807, 2.05) is 0 Å². The van der Waals surface area contributed by atoms with Crippen LogP contribution in [0.3, 0.4) is 0 Å². The van der Waals surface area contributed by atoms with Crippen LogP contribution in [0.4, 0.5) is 17.6 Å². The molecule has 3 rings (SSSR count). The summed E-state index contributed by atoms with van der Waals surface area (Å²) in [6.07, 6.45) is -3.49. The summed E-state index contributed by atoms with van der Waals surface area (Å²) in [6.45, 7) is 0. The van der Waals surface area contributed by atoms with E-state index in [0.717, 1.165) is 24.0 Å². The van der Waals surface area contributed by atoms with Crippen LogP contribution in [0.15, 0.2) is 46.2 Å². The maximum absolute atomic E-state index is 12.9. The molecule has 0 radical (unpaired) electrons. The van der Waals surface area contributed by atoms with Gasteiger partial charge in [0.15, 0.2) is 5.16 Å². The van der Waals surface area contributed by atoms with Gasteiger partial charge < -0.3 is 4.52 Å². The Morgan fingerprint density at radius 1 is 1.04 bits per heavy atom. The van der Waals surface area contributed by atoms with E-state index in [2.05, 4.69) is 20.1 Å². The Bertz CT molecular complexity index is 835. The Balaban J connectivity index is 1.69. The molecule has 0 atom stereocenters. The van der Waals surface area contributed by atoms with Gasteiger partial charge >= 0.3 is 6.18 Å². The van der Waals surface area contributed by atoms with Crippen molar-refractivity contribution < 1.29 is 22.1 Å². The molecule has 2 heterocycles. The number of rotatable bonds is 4. The van der Waals surface area contributed by atoms with Crippen molar-refractivity contribution >= 4 is 11.8 Å². The molecule has 0 N–H and O–H groups in total. The third-order valence-electron chi connectivity index (χ3n) is 2.82. The normalized spacial score (nSPS) is 11.7. The van der Waals surface area contributed by atoms with Crippen molar-refractivity contribution in [2.45, 2.75) is 17.1 Å². The second kappa shape index (κ2) is 6.56. The van der Waals surface area contributed by atoms with E-state index in [9.17, 15) is 17.6 Å². The summed E-state index contributed by atoms with van der Waals surface area (Å²) in [5.41, 5.74) is -0.454. The van der Waals surface area contributed by atoms with E-state index in [1.54, 1.807) is 0 Å². The number of halogens is 4. The molecule has 0 spiro atoms. The monoisotopic (exact) mass is 356 g/mol. The van der Waals surface area contributed by atoms with E-state index in [0.29, 0.717) is 5.56 Å². The van der Waals surface area contributed by atoms with Gasteiger partial charge in [0.1, 0.15) is 11.5 Å². The highest BCUT2D eigenvalue weighted by atomic mass is 32.2. The molecule has 0 aliphatic carbocycles. The molecule has 5 nitrogen and oxygen atoms in total. The zero-order valence-corrected chi connectivity index (χ0v) is 12.6. The molecule has 0 amide bonds. The van der Waals surface area contributed by atoms with E-state index >= 15 is 0 Å². The summed E-state index contributed by atoms with van der Waals surface area (Å²) >= 11 is 0.936. The van der Waals surface area contributed by atoms with Crippen molar-refractivity contribution in [2.24, 2.45) is 0 Å². The Morgan fingerprint density at radius 3 is 2.50 bits per heavy atom. The Kier molecular flexibility index (Phi) is 4.47. The number of nitrogens with zero attached hydrogens (tertiary/aromatic N) is 4.